The van der Waals surface area contributed by atoms with E-state index in [-0.39, 0.29) is 16.6 Å². The van der Waals surface area contributed by atoms with Crippen LogP contribution in [0.2, 0.25) is 0 Å². The monoisotopic (exact) mass is 429 g/mol. The Kier molecular flexibility index (Phi) is 6.77. The zero-order valence-electron chi connectivity index (χ0n) is 17.5. The maximum atomic E-state index is 13.2. The fourth-order valence-electron chi connectivity index (χ4n) is 3.45. The first-order valence-electron chi connectivity index (χ1n) is 9.94. The number of carbonyl (C=O) groups is 1. The Morgan fingerprint density at radius 2 is 1.87 bits per heavy atom. The quantitative estimate of drug-likeness (QED) is 0.699. The van der Waals surface area contributed by atoms with Crippen molar-refractivity contribution < 1.29 is 17.9 Å². The number of aliphatic imine (C=N–C) groups is 1. The number of para-hydroxylation sites is 1. The molecule has 1 aliphatic rings. The lowest BCUT2D eigenvalue weighted by Crippen LogP contribution is -2.37. The van der Waals surface area contributed by atoms with Crippen LogP contribution in [0.3, 0.4) is 0 Å². The van der Waals surface area contributed by atoms with Gasteiger partial charge in [-0.15, -0.1) is 0 Å². The maximum absolute atomic E-state index is 13.2. The highest BCUT2D eigenvalue weighted by atomic mass is 32.2. The molecule has 0 aliphatic carbocycles. The number of nitrogens with zero attached hydrogens (tertiary/aromatic N) is 2. The predicted molar refractivity (Wildman–Crippen MR) is 116 cm³/mol. The number of amidine groups is 1. The Labute approximate surface area is 177 Å². The molecule has 0 saturated carbocycles. The number of carbonyl (C=O) groups excluding carboxylic acids is 1. The molecule has 0 aromatic heterocycles. The van der Waals surface area contributed by atoms with Crippen molar-refractivity contribution in [3.8, 4) is 5.75 Å². The Bertz CT molecular complexity index is 1050. The SMILES string of the molecule is CCCCC(N=C1NS(=O)(=O)c2ccccc21)C(=O)N(C)Cc1ccccc1OC. The van der Waals surface area contributed by atoms with Crippen molar-refractivity contribution in [1.29, 1.82) is 0 Å². The second-order valence-electron chi connectivity index (χ2n) is 7.24. The number of nitrogens with one attached hydrogen (secondary N) is 1. The third kappa shape index (κ3) is 4.64. The van der Waals surface area contributed by atoms with Gasteiger partial charge in [0.1, 0.15) is 17.6 Å². The molecule has 8 heteroatoms. The van der Waals surface area contributed by atoms with Crippen molar-refractivity contribution in [1.82, 2.24) is 9.62 Å². The summed E-state index contributed by atoms with van der Waals surface area (Å²) in [4.78, 5) is 19.6. The highest BCUT2D eigenvalue weighted by molar-refractivity contribution is 7.90. The normalized spacial score (nSPS) is 16.6. The first-order chi connectivity index (χ1) is 14.4. The summed E-state index contributed by atoms with van der Waals surface area (Å²) in [7, 11) is -0.326. The molecule has 1 heterocycles. The van der Waals surface area contributed by atoms with Gasteiger partial charge in [0.25, 0.3) is 10.0 Å². The van der Waals surface area contributed by atoms with Crippen LogP contribution in [0.25, 0.3) is 0 Å². The highest BCUT2D eigenvalue weighted by Gasteiger charge is 2.32. The minimum Gasteiger partial charge on any atom is -0.496 e. The van der Waals surface area contributed by atoms with Crippen LogP contribution in [0.1, 0.15) is 37.3 Å². The second-order valence-corrected chi connectivity index (χ2v) is 8.89. The van der Waals surface area contributed by atoms with E-state index >= 15 is 0 Å². The predicted octanol–water partition coefficient (Wildman–Crippen LogP) is 2.95. The largest absolute Gasteiger partial charge is 0.496 e. The van der Waals surface area contributed by atoms with Crippen LogP contribution in [-0.4, -0.2) is 45.3 Å². The van der Waals surface area contributed by atoms with Gasteiger partial charge in [0.15, 0.2) is 0 Å². The zero-order valence-corrected chi connectivity index (χ0v) is 18.3. The van der Waals surface area contributed by atoms with Crippen LogP contribution < -0.4 is 9.46 Å². The number of amides is 1. The number of fused-ring (bicyclic) bond motifs is 1. The van der Waals surface area contributed by atoms with Gasteiger partial charge >= 0.3 is 0 Å². The molecule has 3 rings (SSSR count). The summed E-state index contributed by atoms with van der Waals surface area (Å²) in [6.45, 7) is 2.42. The molecule has 0 fully saturated rings. The van der Waals surface area contributed by atoms with Crippen LogP contribution in [0, 0.1) is 0 Å². The molecule has 1 atom stereocenters. The molecule has 0 radical (unpaired) electrons. The standard InChI is InChI=1S/C22H27N3O4S/c1-4-5-12-18(22(26)25(2)15-16-10-6-8-13-19(16)29-3)23-21-17-11-7-9-14-20(17)30(27,28)24-21/h6-11,13-14,18H,4-5,12,15H2,1-3H3,(H,23,24). The van der Waals surface area contributed by atoms with Crippen molar-refractivity contribution in [2.45, 2.75) is 43.7 Å². The molecule has 1 amide bonds. The summed E-state index contributed by atoms with van der Waals surface area (Å²) in [5, 5.41) is 0. The molecule has 7 nitrogen and oxygen atoms in total. The lowest BCUT2D eigenvalue weighted by molar-refractivity contribution is -0.131. The molecule has 1 aliphatic heterocycles. The molecule has 2 aromatic carbocycles. The number of unbranched alkanes of at least 4 members (excludes halogenated alkanes) is 1. The molecule has 0 bridgehead atoms. The van der Waals surface area contributed by atoms with Crippen LogP contribution >= 0.6 is 0 Å². The number of likely N-dealkylation sites (N-methyl/N-ethyl adjacent to an activating group) is 1. The number of sulfonamides is 1. The third-order valence-corrected chi connectivity index (χ3v) is 6.44. The van der Waals surface area contributed by atoms with Gasteiger partial charge in [-0.25, -0.2) is 8.42 Å². The van der Waals surface area contributed by atoms with Gasteiger partial charge in [-0.05, 0) is 24.6 Å². The first-order valence-corrected chi connectivity index (χ1v) is 11.4. The number of hydrogen-bond donors (Lipinski definition) is 1. The van der Waals surface area contributed by atoms with E-state index in [1.807, 2.05) is 31.2 Å². The summed E-state index contributed by atoms with van der Waals surface area (Å²) in [5.41, 5.74) is 1.39. The number of benzene rings is 2. The lowest BCUT2D eigenvalue weighted by Gasteiger charge is -2.23. The van der Waals surface area contributed by atoms with E-state index in [0.29, 0.717) is 24.3 Å². The summed E-state index contributed by atoms with van der Waals surface area (Å²) >= 11 is 0. The van der Waals surface area contributed by atoms with Crippen LogP contribution in [0.15, 0.2) is 58.4 Å². The van der Waals surface area contributed by atoms with Crippen molar-refractivity contribution in [2.24, 2.45) is 4.99 Å². The van der Waals surface area contributed by atoms with Crippen molar-refractivity contribution in [2.75, 3.05) is 14.2 Å². The molecule has 0 saturated heterocycles. The number of methoxy groups -OCH3 is 1. The van der Waals surface area contributed by atoms with Gasteiger partial charge in [-0.1, -0.05) is 50.1 Å². The van der Waals surface area contributed by atoms with E-state index in [9.17, 15) is 13.2 Å². The first kappa shape index (κ1) is 21.8. The average molecular weight is 430 g/mol. The molecule has 2 aromatic rings. The highest BCUT2D eigenvalue weighted by Crippen LogP contribution is 2.24. The summed E-state index contributed by atoms with van der Waals surface area (Å²) in [6, 6.07) is 13.5. The second kappa shape index (κ2) is 9.30. The van der Waals surface area contributed by atoms with Gasteiger partial charge in [-0.2, -0.15) is 0 Å². The van der Waals surface area contributed by atoms with E-state index in [4.69, 9.17) is 4.74 Å². The van der Waals surface area contributed by atoms with Crippen molar-refractivity contribution >= 4 is 21.8 Å². The van der Waals surface area contributed by atoms with Gasteiger partial charge in [0.05, 0.1) is 12.0 Å². The van der Waals surface area contributed by atoms with Gasteiger partial charge in [0.2, 0.25) is 5.91 Å². The molecular formula is C22H27N3O4S. The Balaban J connectivity index is 1.87. The molecule has 0 spiro atoms. The van der Waals surface area contributed by atoms with Gasteiger partial charge < -0.3 is 9.64 Å². The molecule has 1 unspecified atom stereocenters. The fourth-order valence-corrected chi connectivity index (χ4v) is 4.69. The fraction of sp³-hybridized carbons (Fsp3) is 0.364. The summed E-state index contributed by atoms with van der Waals surface area (Å²) in [6.07, 6.45) is 2.26. The van der Waals surface area contributed by atoms with E-state index in [2.05, 4.69) is 9.71 Å². The Hall–Kier alpha value is -2.87. The van der Waals surface area contributed by atoms with Gasteiger partial charge in [-0.3, -0.25) is 14.5 Å². The number of hydrogen-bond acceptors (Lipinski definition) is 5. The maximum Gasteiger partial charge on any atom is 0.263 e. The number of rotatable bonds is 8. The number of ether oxygens (including phenoxy) is 1. The Morgan fingerprint density at radius 3 is 2.60 bits per heavy atom. The van der Waals surface area contributed by atoms with E-state index in [0.717, 1.165) is 18.4 Å². The molecular weight excluding hydrogens is 402 g/mol. The molecule has 160 valence electrons. The minimum atomic E-state index is -3.65. The average Bonchev–Trinajstić information content (AvgIpc) is 3.01. The Morgan fingerprint density at radius 1 is 1.17 bits per heavy atom. The molecule has 30 heavy (non-hydrogen) atoms. The lowest BCUT2D eigenvalue weighted by atomic mass is 10.1. The van der Waals surface area contributed by atoms with Gasteiger partial charge in [0, 0.05) is 24.7 Å². The third-order valence-electron chi connectivity index (χ3n) is 5.04. The summed E-state index contributed by atoms with van der Waals surface area (Å²) < 4.78 is 32.6. The smallest absolute Gasteiger partial charge is 0.263 e. The topological polar surface area (TPSA) is 88.1 Å². The minimum absolute atomic E-state index is 0.162. The van der Waals surface area contributed by atoms with E-state index < -0.39 is 16.1 Å². The van der Waals surface area contributed by atoms with E-state index in [1.54, 1.807) is 37.3 Å². The molecule has 1 N–H and O–H groups in total. The zero-order chi connectivity index (χ0) is 21.7. The van der Waals surface area contributed by atoms with Crippen molar-refractivity contribution in [3.05, 3.63) is 59.7 Å². The summed E-state index contributed by atoms with van der Waals surface area (Å²) in [5.74, 6) is 0.780. The van der Waals surface area contributed by atoms with Crippen LogP contribution in [-0.2, 0) is 21.4 Å². The van der Waals surface area contributed by atoms with E-state index in [1.165, 1.54) is 6.07 Å². The van der Waals surface area contributed by atoms with Crippen LogP contribution in [0.5, 0.6) is 5.75 Å². The van der Waals surface area contributed by atoms with Crippen LogP contribution in [0.4, 0.5) is 0 Å². The van der Waals surface area contributed by atoms with Crippen molar-refractivity contribution in [3.63, 3.8) is 0 Å².